The molecule has 0 aromatic carbocycles. The average Bonchev–Trinajstić information content (AvgIpc) is 3.09. The van der Waals surface area contributed by atoms with E-state index in [4.69, 9.17) is 14.2 Å². The molecule has 9 heteroatoms. The van der Waals surface area contributed by atoms with Gasteiger partial charge in [-0.25, -0.2) is 14.4 Å². The molecule has 0 saturated carbocycles. The maximum atomic E-state index is 14.1. The van der Waals surface area contributed by atoms with Crippen LogP contribution in [0, 0.1) is 12.7 Å². The van der Waals surface area contributed by atoms with Crippen LogP contribution >= 0.6 is 0 Å². The molecule has 1 aliphatic rings. The second kappa shape index (κ2) is 7.58. The van der Waals surface area contributed by atoms with Crippen molar-refractivity contribution in [1.29, 1.82) is 0 Å². The zero-order chi connectivity index (χ0) is 21.4. The Kier molecular flexibility index (Phi) is 4.94. The third-order valence-corrected chi connectivity index (χ3v) is 4.88. The first kappa shape index (κ1) is 19.6. The Morgan fingerprint density at radius 2 is 1.73 bits per heavy atom. The van der Waals surface area contributed by atoms with Crippen molar-refractivity contribution >= 4 is 11.6 Å². The largest absolute Gasteiger partial charge is 0.491 e. The molecule has 0 bridgehead atoms. The molecule has 0 atom stereocenters. The van der Waals surface area contributed by atoms with Gasteiger partial charge in [0.15, 0.2) is 11.6 Å². The molecule has 0 spiro atoms. The van der Waals surface area contributed by atoms with Gasteiger partial charge < -0.3 is 19.1 Å². The van der Waals surface area contributed by atoms with Gasteiger partial charge in [0, 0.05) is 17.8 Å². The van der Waals surface area contributed by atoms with Gasteiger partial charge >= 0.3 is 0 Å². The van der Waals surface area contributed by atoms with Crippen molar-refractivity contribution in [3.8, 4) is 28.8 Å². The van der Waals surface area contributed by atoms with Gasteiger partial charge in [-0.15, -0.1) is 0 Å². The van der Waals surface area contributed by atoms with E-state index >= 15 is 0 Å². The highest BCUT2D eigenvalue weighted by Crippen LogP contribution is 2.34. The van der Waals surface area contributed by atoms with Crippen LogP contribution < -0.4 is 19.1 Å². The molecule has 3 aromatic heterocycles. The summed E-state index contributed by atoms with van der Waals surface area (Å²) >= 11 is 0. The predicted molar refractivity (Wildman–Crippen MR) is 107 cm³/mol. The van der Waals surface area contributed by atoms with Crippen LogP contribution in [-0.2, 0) is 6.54 Å². The fraction of sp³-hybridized carbons (Fsp3) is 0.238. The summed E-state index contributed by atoms with van der Waals surface area (Å²) in [6.45, 7) is 2.05. The van der Waals surface area contributed by atoms with Crippen LogP contribution in [0.25, 0.3) is 11.3 Å². The zero-order valence-electron chi connectivity index (χ0n) is 16.9. The number of halogens is 1. The molecule has 8 nitrogen and oxygen atoms in total. The van der Waals surface area contributed by atoms with Crippen molar-refractivity contribution in [3.05, 3.63) is 53.2 Å². The molecule has 3 aromatic rings. The highest BCUT2D eigenvalue weighted by molar-refractivity contribution is 6.10. The van der Waals surface area contributed by atoms with Gasteiger partial charge in [-0.05, 0) is 24.6 Å². The normalized spacial score (nSPS) is 12.7. The van der Waals surface area contributed by atoms with Gasteiger partial charge in [-0.2, -0.15) is 0 Å². The predicted octanol–water partition coefficient (Wildman–Crippen LogP) is 3.17. The number of anilines is 1. The Labute approximate surface area is 172 Å². The van der Waals surface area contributed by atoms with Crippen molar-refractivity contribution in [2.75, 3.05) is 26.2 Å². The summed E-state index contributed by atoms with van der Waals surface area (Å²) in [5, 5.41) is 0. The second-order valence-corrected chi connectivity index (χ2v) is 6.66. The van der Waals surface area contributed by atoms with E-state index in [9.17, 15) is 9.18 Å². The summed E-state index contributed by atoms with van der Waals surface area (Å²) in [4.78, 5) is 27.2. The fourth-order valence-corrected chi connectivity index (χ4v) is 3.44. The lowest BCUT2D eigenvalue weighted by molar-refractivity contribution is 0.0996. The molecule has 4 heterocycles. The fourth-order valence-electron chi connectivity index (χ4n) is 3.44. The third-order valence-electron chi connectivity index (χ3n) is 4.88. The van der Waals surface area contributed by atoms with E-state index in [0.717, 1.165) is 11.1 Å². The molecule has 0 aliphatic carbocycles. The molecule has 1 aliphatic heterocycles. The molecule has 1 amide bonds. The summed E-state index contributed by atoms with van der Waals surface area (Å²) < 4.78 is 29.4. The summed E-state index contributed by atoms with van der Waals surface area (Å²) in [5.74, 6) is -0.165. The molecule has 0 radical (unpaired) electrons. The van der Waals surface area contributed by atoms with Crippen molar-refractivity contribution < 1.29 is 23.4 Å². The first-order chi connectivity index (χ1) is 14.5. The Morgan fingerprint density at radius 3 is 2.40 bits per heavy atom. The number of amides is 1. The highest BCUT2D eigenvalue weighted by Gasteiger charge is 2.32. The number of pyridine rings is 3. The van der Waals surface area contributed by atoms with Crippen LogP contribution in [0.4, 0.5) is 10.1 Å². The van der Waals surface area contributed by atoms with Crippen molar-refractivity contribution in [1.82, 2.24) is 15.0 Å². The lowest BCUT2D eigenvalue weighted by Gasteiger charge is -2.15. The molecular weight excluding hydrogens is 391 g/mol. The summed E-state index contributed by atoms with van der Waals surface area (Å²) in [5.41, 5.74) is 3.57. The highest BCUT2D eigenvalue weighted by atomic mass is 19.1. The zero-order valence-corrected chi connectivity index (χ0v) is 16.9. The van der Waals surface area contributed by atoms with Gasteiger partial charge in [0.05, 0.1) is 56.7 Å². The van der Waals surface area contributed by atoms with Crippen LogP contribution in [0.15, 0.2) is 30.6 Å². The minimum absolute atomic E-state index is 0.125. The van der Waals surface area contributed by atoms with E-state index in [-0.39, 0.29) is 18.3 Å². The first-order valence-electron chi connectivity index (χ1n) is 9.07. The number of carbonyl (C=O) groups excluding carboxylic acids is 1. The summed E-state index contributed by atoms with van der Waals surface area (Å²) in [6, 6.07) is 4.82. The van der Waals surface area contributed by atoms with Gasteiger partial charge in [0.25, 0.3) is 11.8 Å². The van der Waals surface area contributed by atoms with Gasteiger partial charge in [-0.1, -0.05) is 0 Å². The van der Waals surface area contributed by atoms with E-state index < -0.39 is 5.82 Å². The van der Waals surface area contributed by atoms with Crippen LogP contribution in [-0.4, -0.2) is 42.2 Å². The Morgan fingerprint density at radius 1 is 1.00 bits per heavy atom. The minimum atomic E-state index is -0.638. The van der Waals surface area contributed by atoms with E-state index in [1.54, 1.807) is 12.3 Å². The minimum Gasteiger partial charge on any atom is -0.491 e. The molecule has 0 fully saturated rings. The summed E-state index contributed by atoms with van der Waals surface area (Å²) in [7, 11) is 4.38. The molecule has 0 saturated heterocycles. The molecule has 4 rings (SSSR count). The molecule has 0 N–H and O–H groups in total. The smallest absolute Gasteiger partial charge is 0.260 e. The van der Waals surface area contributed by atoms with Crippen LogP contribution in [0.2, 0.25) is 0 Å². The van der Waals surface area contributed by atoms with Crippen LogP contribution in [0.1, 0.15) is 21.6 Å². The third kappa shape index (κ3) is 3.18. The molecular formula is C21H19FN4O4. The Bertz CT molecular complexity index is 1150. The standard InChI is InChI=1S/C21H19FN4O4/c1-11-5-15(12-6-17(28-2)20(30-4)23-8-12)25-16-10-26(21(27)18(11)16)13-7-14(22)19(29-3)24-9-13/h5-9H,10H2,1-4H3. The van der Waals surface area contributed by atoms with Crippen LogP contribution in [0.5, 0.6) is 17.5 Å². The number of methoxy groups -OCH3 is 3. The van der Waals surface area contributed by atoms with Crippen molar-refractivity contribution in [2.24, 2.45) is 0 Å². The monoisotopic (exact) mass is 410 g/mol. The van der Waals surface area contributed by atoms with Crippen LogP contribution in [0.3, 0.4) is 0 Å². The van der Waals surface area contributed by atoms with Crippen molar-refractivity contribution in [2.45, 2.75) is 13.5 Å². The average molecular weight is 410 g/mol. The van der Waals surface area contributed by atoms with Crippen molar-refractivity contribution in [3.63, 3.8) is 0 Å². The number of nitrogens with zero attached hydrogens (tertiary/aromatic N) is 4. The number of hydrogen-bond donors (Lipinski definition) is 0. The maximum Gasteiger partial charge on any atom is 0.260 e. The van der Waals surface area contributed by atoms with E-state index in [1.165, 1.54) is 38.5 Å². The lowest BCUT2D eigenvalue weighted by atomic mass is 10.0. The topological polar surface area (TPSA) is 86.7 Å². The number of ether oxygens (including phenoxy) is 3. The van der Waals surface area contributed by atoms with Gasteiger partial charge in [-0.3, -0.25) is 9.78 Å². The maximum absolute atomic E-state index is 14.1. The quantitative estimate of drug-likeness (QED) is 0.638. The Balaban J connectivity index is 1.72. The number of rotatable bonds is 5. The lowest BCUT2D eigenvalue weighted by Crippen LogP contribution is -2.23. The SMILES string of the molecule is COc1cc(-c2cc(C)c3c(n2)CN(c2cnc(OC)c(F)c2)C3=O)cnc1OC. The number of hydrogen-bond acceptors (Lipinski definition) is 7. The summed E-state index contributed by atoms with van der Waals surface area (Å²) in [6.07, 6.45) is 3.03. The molecule has 30 heavy (non-hydrogen) atoms. The first-order valence-corrected chi connectivity index (χ1v) is 9.07. The second-order valence-electron chi connectivity index (χ2n) is 6.66. The van der Waals surface area contributed by atoms with E-state index in [2.05, 4.69) is 15.0 Å². The van der Waals surface area contributed by atoms with Gasteiger partial charge in [0.1, 0.15) is 0 Å². The van der Waals surface area contributed by atoms with Gasteiger partial charge in [0.2, 0.25) is 5.88 Å². The number of carbonyl (C=O) groups is 1. The molecule has 154 valence electrons. The van der Waals surface area contributed by atoms with E-state index in [0.29, 0.717) is 34.3 Å². The number of aromatic nitrogens is 3. The Hall–Kier alpha value is -3.75. The number of aryl methyl sites for hydroxylation is 1. The van der Waals surface area contributed by atoms with E-state index in [1.807, 2.05) is 13.0 Å². The number of fused-ring (bicyclic) bond motifs is 1. The molecule has 0 unspecified atom stereocenters.